The fraction of sp³-hybridized carbons (Fsp3) is 0.615. The van der Waals surface area contributed by atoms with Crippen LogP contribution in [0.15, 0.2) is 18.2 Å². The first-order chi connectivity index (χ1) is 8.06. The van der Waals surface area contributed by atoms with Crippen LogP contribution >= 0.6 is 0 Å². The largest absolute Gasteiger partial charge is 0.384 e. The molecule has 17 heavy (non-hydrogen) atoms. The van der Waals surface area contributed by atoms with Gasteiger partial charge in [0.25, 0.3) is 0 Å². The molecule has 0 bridgehead atoms. The van der Waals surface area contributed by atoms with Gasteiger partial charge in [-0.15, -0.1) is 0 Å². The van der Waals surface area contributed by atoms with E-state index in [2.05, 4.69) is 35.7 Å². The van der Waals surface area contributed by atoms with E-state index in [1.807, 2.05) is 18.2 Å². The van der Waals surface area contributed by atoms with E-state index in [0.717, 1.165) is 25.3 Å². The van der Waals surface area contributed by atoms with Gasteiger partial charge in [0.05, 0.1) is 5.69 Å². The third-order valence-electron chi connectivity index (χ3n) is 3.65. The highest BCUT2D eigenvalue weighted by Gasteiger charge is 2.26. The van der Waals surface area contributed by atoms with E-state index in [4.69, 9.17) is 5.73 Å². The summed E-state index contributed by atoms with van der Waals surface area (Å²) in [7, 11) is 2.20. The van der Waals surface area contributed by atoms with Crippen molar-refractivity contribution in [1.82, 2.24) is 14.8 Å². The fourth-order valence-corrected chi connectivity index (χ4v) is 2.46. The van der Waals surface area contributed by atoms with E-state index in [9.17, 15) is 0 Å². The molecule has 0 aliphatic carbocycles. The standard InChI is InChI=1S/C13H22N4/c1-10-7-17(8-11(2)16(10)3)9-12-5-4-6-13(14)15-12/h4-6,10-11H,7-9H2,1-3H3,(H2,14,15). The molecule has 0 aromatic carbocycles. The van der Waals surface area contributed by atoms with Crippen molar-refractivity contribution in [2.24, 2.45) is 0 Å². The van der Waals surface area contributed by atoms with Gasteiger partial charge in [-0.1, -0.05) is 6.07 Å². The lowest BCUT2D eigenvalue weighted by atomic mass is 10.1. The second kappa shape index (κ2) is 5.02. The average molecular weight is 234 g/mol. The summed E-state index contributed by atoms with van der Waals surface area (Å²) in [4.78, 5) is 9.25. The Morgan fingerprint density at radius 2 is 1.94 bits per heavy atom. The normalized spacial score (nSPS) is 27.2. The molecule has 1 aliphatic heterocycles. The van der Waals surface area contributed by atoms with E-state index in [-0.39, 0.29) is 0 Å². The minimum Gasteiger partial charge on any atom is -0.384 e. The number of piperazine rings is 1. The maximum atomic E-state index is 5.70. The number of nitrogens with zero attached hydrogens (tertiary/aromatic N) is 3. The van der Waals surface area contributed by atoms with E-state index >= 15 is 0 Å². The Balaban J connectivity index is 2.00. The number of likely N-dealkylation sites (N-methyl/N-ethyl adjacent to an activating group) is 1. The van der Waals surface area contributed by atoms with Crippen molar-refractivity contribution in [2.45, 2.75) is 32.5 Å². The number of nitrogens with two attached hydrogens (primary N) is 1. The van der Waals surface area contributed by atoms with Crippen LogP contribution in [0.25, 0.3) is 0 Å². The molecule has 0 radical (unpaired) electrons. The number of rotatable bonds is 2. The summed E-state index contributed by atoms with van der Waals surface area (Å²) in [6.45, 7) is 7.63. The topological polar surface area (TPSA) is 45.4 Å². The van der Waals surface area contributed by atoms with Crippen LogP contribution in [0, 0.1) is 0 Å². The predicted octanol–water partition coefficient (Wildman–Crippen LogP) is 1.19. The zero-order valence-electron chi connectivity index (χ0n) is 10.9. The van der Waals surface area contributed by atoms with Gasteiger partial charge in [-0.3, -0.25) is 9.80 Å². The lowest BCUT2D eigenvalue weighted by molar-refractivity contribution is 0.0549. The monoisotopic (exact) mass is 234 g/mol. The van der Waals surface area contributed by atoms with E-state index in [1.54, 1.807) is 0 Å². The lowest BCUT2D eigenvalue weighted by Gasteiger charge is -2.42. The molecule has 0 amide bonds. The maximum Gasteiger partial charge on any atom is 0.123 e. The first-order valence-electron chi connectivity index (χ1n) is 6.22. The number of anilines is 1. The van der Waals surface area contributed by atoms with Crippen LogP contribution in [0.1, 0.15) is 19.5 Å². The SMILES string of the molecule is CC1CN(Cc2cccc(N)n2)CC(C)N1C. The summed E-state index contributed by atoms with van der Waals surface area (Å²) >= 11 is 0. The second-order valence-corrected chi connectivity index (χ2v) is 5.11. The quantitative estimate of drug-likeness (QED) is 0.835. The van der Waals surface area contributed by atoms with Gasteiger partial charge >= 0.3 is 0 Å². The number of aromatic nitrogens is 1. The van der Waals surface area contributed by atoms with Crippen LogP contribution < -0.4 is 5.73 Å². The predicted molar refractivity (Wildman–Crippen MR) is 70.6 cm³/mol. The zero-order valence-corrected chi connectivity index (χ0v) is 10.9. The van der Waals surface area contributed by atoms with Crippen LogP contribution in [-0.4, -0.2) is 47.0 Å². The maximum absolute atomic E-state index is 5.70. The summed E-state index contributed by atoms with van der Waals surface area (Å²) in [5, 5.41) is 0. The van der Waals surface area contributed by atoms with Gasteiger partial charge in [-0.2, -0.15) is 0 Å². The Morgan fingerprint density at radius 3 is 2.53 bits per heavy atom. The zero-order chi connectivity index (χ0) is 12.4. The van der Waals surface area contributed by atoms with Crippen molar-refractivity contribution < 1.29 is 0 Å². The van der Waals surface area contributed by atoms with E-state index in [0.29, 0.717) is 17.9 Å². The van der Waals surface area contributed by atoms with Crippen molar-refractivity contribution in [3.05, 3.63) is 23.9 Å². The van der Waals surface area contributed by atoms with Crippen molar-refractivity contribution >= 4 is 5.82 Å². The molecule has 2 N–H and O–H groups in total. The Kier molecular flexibility index (Phi) is 3.64. The van der Waals surface area contributed by atoms with Crippen molar-refractivity contribution in [2.75, 3.05) is 25.9 Å². The van der Waals surface area contributed by atoms with Gasteiger partial charge in [0, 0.05) is 31.7 Å². The summed E-state index contributed by atoms with van der Waals surface area (Å²) in [6, 6.07) is 7.04. The molecule has 4 heteroatoms. The van der Waals surface area contributed by atoms with Gasteiger partial charge in [0.15, 0.2) is 0 Å². The molecule has 1 aliphatic rings. The Morgan fingerprint density at radius 1 is 1.29 bits per heavy atom. The van der Waals surface area contributed by atoms with Gasteiger partial charge < -0.3 is 5.73 Å². The molecule has 1 fully saturated rings. The molecular weight excluding hydrogens is 212 g/mol. The molecule has 2 heterocycles. The van der Waals surface area contributed by atoms with Crippen LogP contribution in [0.4, 0.5) is 5.82 Å². The minimum atomic E-state index is 0.597. The molecule has 2 unspecified atom stereocenters. The van der Waals surface area contributed by atoms with Crippen LogP contribution in [0.5, 0.6) is 0 Å². The first-order valence-corrected chi connectivity index (χ1v) is 6.22. The molecule has 94 valence electrons. The number of nitrogen functional groups attached to an aromatic ring is 1. The van der Waals surface area contributed by atoms with Gasteiger partial charge in [0.2, 0.25) is 0 Å². The molecule has 0 saturated carbocycles. The van der Waals surface area contributed by atoms with E-state index in [1.165, 1.54) is 0 Å². The Bertz CT molecular complexity index is 367. The third-order valence-corrected chi connectivity index (χ3v) is 3.65. The molecule has 1 aromatic heterocycles. The van der Waals surface area contributed by atoms with Crippen LogP contribution in [0.2, 0.25) is 0 Å². The van der Waals surface area contributed by atoms with Crippen LogP contribution in [0.3, 0.4) is 0 Å². The average Bonchev–Trinajstić information content (AvgIpc) is 2.26. The smallest absolute Gasteiger partial charge is 0.123 e. The molecule has 2 atom stereocenters. The highest BCUT2D eigenvalue weighted by molar-refractivity contribution is 5.28. The van der Waals surface area contributed by atoms with Gasteiger partial charge in [0.1, 0.15) is 5.82 Å². The van der Waals surface area contributed by atoms with Gasteiger partial charge in [-0.05, 0) is 33.0 Å². The number of hydrogen-bond acceptors (Lipinski definition) is 4. The summed E-state index contributed by atoms with van der Waals surface area (Å²) in [5.41, 5.74) is 6.77. The number of hydrogen-bond donors (Lipinski definition) is 1. The van der Waals surface area contributed by atoms with Crippen LogP contribution in [-0.2, 0) is 6.54 Å². The van der Waals surface area contributed by atoms with Gasteiger partial charge in [-0.25, -0.2) is 4.98 Å². The summed E-state index contributed by atoms with van der Waals surface area (Å²) < 4.78 is 0. The van der Waals surface area contributed by atoms with Crippen molar-refractivity contribution in [3.8, 4) is 0 Å². The minimum absolute atomic E-state index is 0.597. The van der Waals surface area contributed by atoms with Crippen molar-refractivity contribution in [3.63, 3.8) is 0 Å². The lowest BCUT2D eigenvalue weighted by Crippen LogP contribution is -2.54. The van der Waals surface area contributed by atoms with Crippen molar-refractivity contribution in [1.29, 1.82) is 0 Å². The first kappa shape index (κ1) is 12.3. The number of pyridine rings is 1. The Labute approximate surface area is 103 Å². The molecular formula is C13H22N4. The van der Waals surface area contributed by atoms with E-state index < -0.39 is 0 Å². The molecule has 2 rings (SSSR count). The summed E-state index contributed by atoms with van der Waals surface area (Å²) in [6.07, 6.45) is 0. The molecule has 1 aromatic rings. The highest BCUT2D eigenvalue weighted by atomic mass is 15.3. The molecule has 1 saturated heterocycles. The highest BCUT2D eigenvalue weighted by Crippen LogP contribution is 2.15. The third kappa shape index (κ3) is 2.96. The summed E-state index contributed by atoms with van der Waals surface area (Å²) in [5.74, 6) is 0.609. The molecule has 4 nitrogen and oxygen atoms in total. The Hall–Kier alpha value is -1.13. The fourth-order valence-electron chi connectivity index (χ4n) is 2.46. The second-order valence-electron chi connectivity index (χ2n) is 5.11. The molecule has 0 spiro atoms.